The SMILES string of the molecule is CCOC(=O)CC(C[I-]N)c1cc(-c2c(C)cc(C)c(F)c2C)cc(C)c1F. The molecule has 0 aliphatic carbocycles. The average molecular weight is 502 g/mol. The predicted octanol–water partition coefficient (Wildman–Crippen LogP) is 1.86. The van der Waals surface area contributed by atoms with E-state index in [9.17, 15) is 13.6 Å². The molecule has 28 heavy (non-hydrogen) atoms. The first-order valence-electron chi connectivity index (χ1n) is 9.21. The van der Waals surface area contributed by atoms with E-state index in [1.807, 2.05) is 6.92 Å². The zero-order valence-electron chi connectivity index (χ0n) is 17.0. The van der Waals surface area contributed by atoms with E-state index < -0.39 is 21.5 Å². The third-order valence-corrected chi connectivity index (χ3v) is 6.45. The van der Waals surface area contributed by atoms with Crippen LogP contribution in [0.2, 0.25) is 0 Å². The van der Waals surface area contributed by atoms with Crippen molar-refractivity contribution in [3.8, 4) is 11.1 Å². The van der Waals surface area contributed by atoms with Crippen LogP contribution >= 0.6 is 0 Å². The molecule has 2 aromatic carbocycles. The van der Waals surface area contributed by atoms with Gasteiger partial charge in [0.05, 0.1) is 0 Å². The Morgan fingerprint density at radius 2 is 1.71 bits per heavy atom. The van der Waals surface area contributed by atoms with Gasteiger partial charge in [-0.1, -0.05) is 0 Å². The Morgan fingerprint density at radius 1 is 1.07 bits per heavy atom. The van der Waals surface area contributed by atoms with Gasteiger partial charge in [0.2, 0.25) is 0 Å². The third-order valence-electron chi connectivity index (χ3n) is 4.88. The van der Waals surface area contributed by atoms with Crippen LogP contribution in [0.4, 0.5) is 8.78 Å². The maximum absolute atomic E-state index is 15.0. The number of alkyl halides is 1. The van der Waals surface area contributed by atoms with Gasteiger partial charge in [-0.3, -0.25) is 0 Å². The van der Waals surface area contributed by atoms with Crippen LogP contribution in [-0.4, -0.2) is 17.0 Å². The molecule has 0 amide bonds. The number of ether oxygens (including phenoxy) is 1. The minimum atomic E-state index is -0.645. The van der Waals surface area contributed by atoms with Crippen LogP contribution in [-0.2, 0) is 9.53 Å². The van der Waals surface area contributed by atoms with Crippen LogP contribution in [0, 0.1) is 39.3 Å². The van der Waals surface area contributed by atoms with Crippen LogP contribution < -0.4 is 25.4 Å². The summed E-state index contributed by atoms with van der Waals surface area (Å²) in [5.41, 5.74) is 4.51. The number of carbonyl (C=O) groups excluding carboxylic acids is 1. The van der Waals surface area contributed by atoms with Crippen molar-refractivity contribution in [2.24, 2.45) is 3.95 Å². The number of halogens is 3. The maximum atomic E-state index is 15.0. The average Bonchev–Trinajstić information content (AvgIpc) is 2.62. The molecule has 3 nitrogen and oxygen atoms in total. The number of hydrogen-bond donors (Lipinski definition) is 1. The van der Waals surface area contributed by atoms with Crippen molar-refractivity contribution < 1.29 is 39.8 Å². The molecule has 0 saturated carbocycles. The molecule has 0 heterocycles. The summed E-state index contributed by atoms with van der Waals surface area (Å²) in [5.74, 6) is -1.29. The summed E-state index contributed by atoms with van der Waals surface area (Å²) >= 11 is -0.645. The second kappa shape index (κ2) is 9.78. The van der Waals surface area contributed by atoms with Crippen molar-refractivity contribution in [2.45, 2.75) is 47.0 Å². The fourth-order valence-electron chi connectivity index (χ4n) is 3.62. The number of carbonyl (C=O) groups is 1. The van der Waals surface area contributed by atoms with Crippen molar-refractivity contribution in [1.82, 2.24) is 0 Å². The molecule has 0 aliphatic heterocycles. The van der Waals surface area contributed by atoms with E-state index in [0.29, 0.717) is 26.7 Å². The van der Waals surface area contributed by atoms with Crippen molar-refractivity contribution in [3.63, 3.8) is 0 Å². The summed E-state index contributed by atoms with van der Waals surface area (Å²) in [4.78, 5) is 12.0. The van der Waals surface area contributed by atoms with E-state index in [1.54, 1.807) is 45.9 Å². The monoisotopic (exact) mass is 502 g/mol. The van der Waals surface area contributed by atoms with Crippen molar-refractivity contribution in [3.05, 3.63) is 57.7 Å². The zero-order valence-corrected chi connectivity index (χ0v) is 19.1. The van der Waals surface area contributed by atoms with E-state index in [0.717, 1.165) is 16.7 Å². The quantitative estimate of drug-likeness (QED) is 0.272. The molecule has 2 rings (SSSR count). The topological polar surface area (TPSA) is 52.3 Å². The molecular weight excluding hydrogens is 475 g/mol. The minimum absolute atomic E-state index is 0.0881. The van der Waals surface area contributed by atoms with Gasteiger partial charge in [0, 0.05) is 0 Å². The van der Waals surface area contributed by atoms with Crippen molar-refractivity contribution in [2.75, 3.05) is 11.0 Å². The molecule has 154 valence electrons. The van der Waals surface area contributed by atoms with Gasteiger partial charge in [-0.2, -0.15) is 0 Å². The molecule has 0 bridgehead atoms. The summed E-state index contributed by atoms with van der Waals surface area (Å²) in [6.45, 7) is 9.12. The summed E-state index contributed by atoms with van der Waals surface area (Å²) in [6, 6.07) is 5.29. The summed E-state index contributed by atoms with van der Waals surface area (Å²) in [5, 5.41) is 0. The molecule has 2 N–H and O–H groups in total. The van der Waals surface area contributed by atoms with E-state index in [4.69, 9.17) is 8.68 Å². The first kappa shape index (κ1) is 22.7. The summed E-state index contributed by atoms with van der Waals surface area (Å²) in [6.07, 6.45) is 0.0881. The van der Waals surface area contributed by atoms with Gasteiger partial charge in [0.25, 0.3) is 0 Å². The molecule has 0 spiro atoms. The van der Waals surface area contributed by atoms with Gasteiger partial charge in [-0.15, -0.1) is 0 Å². The normalized spacial score (nSPS) is 12.3. The van der Waals surface area contributed by atoms with Crippen LogP contribution in [0.1, 0.15) is 47.1 Å². The summed E-state index contributed by atoms with van der Waals surface area (Å²) < 4.78 is 41.0. The molecule has 6 heteroatoms. The number of esters is 1. The molecule has 1 unspecified atom stereocenters. The Kier molecular flexibility index (Phi) is 7.95. The third kappa shape index (κ3) is 4.89. The van der Waals surface area contributed by atoms with Gasteiger partial charge in [0.15, 0.2) is 0 Å². The Bertz CT molecular complexity index is 884. The zero-order chi connectivity index (χ0) is 21.0. The van der Waals surface area contributed by atoms with E-state index in [-0.39, 0.29) is 36.5 Å². The molecule has 0 aliphatic rings. The second-order valence-corrected chi connectivity index (χ2v) is 8.80. The Labute approximate surface area is 176 Å². The predicted molar refractivity (Wildman–Crippen MR) is 104 cm³/mol. The van der Waals surface area contributed by atoms with Crippen LogP contribution in [0.5, 0.6) is 0 Å². The van der Waals surface area contributed by atoms with E-state index in [1.165, 1.54) is 0 Å². The fourth-order valence-corrected chi connectivity index (χ4v) is 5.02. The standard InChI is InChI=1S/C22H27F2INO2/c1-6-28-19(27)10-17(11-25-26)18-9-16(8-14(4)22(18)24)20-12(2)7-13(3)21(23)15(20)5/h7-9,17H,6,10-11,26H2,1-5H3/q-1. The molecule has 0 radical (unpaired) electrons. The molecule has 2 aromatic rings. The van der Waals surface area contributed by atoms with Gasteiger partial charge in [-0.25, -0.2) is 0 Å². The van der Waals surface area contributed by atoms with Gasteiger partial charge < -0.3 is 0 Å². The number of benzene rings is 2. The summed E-state index contributed by atoms with van der Waals surface area (Å²) in [7, 11) is 0. The molecule has 1 atom stereocenters. The number of aryl methyl sites for hydroxylation is 3. The number of hydrogen-bond acceptors (Lipinski definition) is 3. The molecule has 0 aromatic heterocycles. The first-order chi connectivity index (χ1) is 13.2. The van der Waals surface area contributed by atoms with E-state index in [2.05, 4.69) is 0 Å². The Hall–Kier alpha value is -1.54. The van der Waals surface area contributed by atoms with E-state index >= 15 is 0 Å². The van der Waals surface area contributed by atoms with Gasteiger partial charge in [-0.05, 0) is 0 Å². The van der Waals surface area contributed by atoms with Gasteiger partial charge >= 0.3 is 176 Å². The Morgan fingerprint density at radius 3 is 2.32 bits per heavy atom. The number of rotatable bonds is 7. The molecule has 0 fully saturated rings. The van der Waals surface area contributed by atoms with Crippen molar-refractivity contribution >= 4 is 5.97 Å². The first-order valence-corrected chi connectivity index (χ1v) is 12.0. The number of nitrogens with two attached hydrogens (primary N) is 1. The van der Waals surface area contributed by atoms with Crippen LogP contribution in [0.25, 0.3) is 11.1 Å². The fraction of sp³-hybridized carbons (Fsp3) is 0.409. The second-order valence-electron chi connectivity index (χ2n) is 7.04. The van der Waals surface area contributed by atoms with Gasteiger partial charge in [0.1, 0.15) is 0 Å². The van der Waals surface area contributed by atoms with Crippen LogP contribution in [0.15, 0.2) is 18.2 Å². The molecule has 0 saturated heterocycles. The Balaban J connectivity index is 2.61. The van der Waals surface area contributed by atoms with Crippen molar-refractivity contribution in [1.29, 1.82) is 0 Å². The molecular formula is C22H27F2INO2-. The van der Waals surface area contributed by atoms with Crippen LogP contribution in [0.3, 0.4) is 0 Å².